The summed E-state index contributed by atoms with van der Waals surface area (Å²) < 4.78 is 56.8. The number of hydrogen-bond donors (Lipinski definition) is 1. The lowest BCUT2D eigenvalue weighted by atomic mass is 10.1. The molecule has 0 aliphatic carbocycles. The number of hydrogen-bond acceptors (Lipinski definition) is 9. The summed E-state index contributed by atoms with van der Waals surface area (Å²) >= 11 is 0.818. The van der Waals surface area contributed by atoms with Gasteiger partial charge in [0.25, 0.3) is 0 Å². The Balaban J connectivity index is 1.35. The van der Waals surface area contributed by atoms with E-state index < -0.39 is 23.8 Å². The molecule has 1 aliphatic rings. The Hall–Kier alpha value is -3.58. The largest absolute Gasteiger partial charge is 0.492 e. The van der Waals surface area contributed by atoms with E-state index in [9.17, 15) is 22.8 Å². The van der Waals surface area contributed by atoms with Crippen LogP contribution in [-0.4, -0.2) is 75.0 Å². The van der Waals surface area contributed by atoms with Crippen molar-refractivity contribution in [3.63, 3.8) is 0 Å². The second-order valence-corrected chi connectivity index (χ2v) is 9.24. The lowest BCUT2D eigenvalue weighted by Crippen LogP contribution is -2.47. The van der Waals surface area contributed by atoms with Crippen LogP contribution in [0, 0.1) is 0 Å². The zero-order valence-corrected chi connectivity index (χ0v) is 21.7. The first-order valence-corrected chi connectivity index (χ1v) is 12.8. The fourth-order valence-corrected chi connectivity index (χ4v) is 5.10. The van der Waals surface area contributed by atoms with Gasteiger partial charge in [0.15, 0.2) is 0 Å². The molecule has 3 aromatic rings. The van der Waals surface area contributed by atoms with Gasteiger partial charge in [0.2, 0.25) is 0 Å². The van der Waals surface area contributed by atoms with Crippen LogP contribution < -0.4 is 15.0 Å². The number of piperazine rings is 1. The Morgan fingerprint density at radius 2 is 1.89 bits per heavy atom. The number of benzene rings is 1. The second-order valence-electron chi connectivity index (χ2n) is 8.36. The minimum absolute atomic E-state index is 0.0118. The molecule has 0 saturated carbocycles. The first kappa shape index (κ1) is 27.5. The van der Waals surface area contributed by atoms with Gasteiger partial charge in [0, 0.05) is 38.1 Å². The number of carbonyl (C=O) groups is 2. The summed E-state index contributed by atoms with van der Waals surface area (Å²) in [6, 6.07) is 8.07. The number of nitrogens with zero attached hydrogens (tertiary/aromatic N) is 3. The summed E-state index contributed by atoms with van der Waals surface area (Å²) in [6.45, 7) is 4.82. The number of pyridine rings is 1. The van der Waals surface area contributed by atoms with Crippen molar-refractivity contribution >= 4 is 45.1 Å². The molecule has 4 rings (SSSR count). The average Bonchev–Trinajstić information content (AvgIpc) is 3.33. The van der Waals surface area contributed by atoms with Crippen molar-refractivity contribution < 1.29 is 37.0 Å². The van der Waals surface area contributed by atoms with Crippen LogP contribution in [0.4, 0.5) is 29.5 Å². The number of carbonyl (C=O) groups excluding carboxylic acids is 2. The summed E-state index contributed by atoms with van der Waals surface area (Å²) in [5, 5.41) is 4.00. The Morgan fingerprint density at radius 1 is 1.16 bits per heavy atom. The minimum Gasteiger partial charge on any atom is -0.492 e. The summed E-state index contributed by atoms with van der Waals surface area (Å²) in [7, 11) is 1.17. The predicted molar refractivity (Wildman–Crippen MR) is 137 cm³/mol. The highest BCUT2D eigenvalue weighted by atomic mass is 32.1. The van der Waals surface area contributed by atoms with Gasteiger partial charge < -0.3 is 19.1 Å². The van der Waals surface area contributed by atoms with Crippen LogP contribution in [0.3, 0.4) is 0 Å². The van der Waals surface area contributed by atoms with E-state index in [1.807, 2.05) is 11.8 Å². The predicted octanol–water partition coefficient (Wildman–Crippen LogP) is 4.87. The van der Waals surface area contributed by atoms with Crippen LogP contribution in [0.15, 0.2) is 35.7 Å². The molecule has 1 aliphatic heterocycles. The number of para-hydroxylation sites is 2. The highest BCUT2D eigenvalue weighted by molar-refractivity contribution is 7.17. The number of thiophene rings is 1. The molecule has 38 heavy (non-hydrogen) atoms. The molecule has 204 valence electrons. The van der Waals surface area contributed by atoms with Gasteiger partial charge in [-0.1, -0.05) is 12.1 Å². The SMILES string of the molecule is CCOc1ccccc1NC(=O)OCCN1CCN(c2cc(C(F)(F)F)c3scc(C(=O)OC)c3n2)CC1. The first-order chi connectivity index (χ1) is 18.2. The zero-order valence-electron chi connectivity index (χ0n) is 20.8. The van der Waals surface area contributed by atoms with Gasteiger partial charge in [0.1, 0.15) is 18.2 Å². The topological polar surface area (TPSA) is 93.2 Å². The van der Waals surface area contributed by atoms with Crippen molar-refractivity contribution in [3.8, 4) is 5.75 Å². The number of ether oxygens (including phenoxy) is 3. The maximum atomic E-state index is 13.8. The van der Waals surface area contributed by atoms with Crippen LogP contribution in [0.25, 0.3) is 10.2 Å². The highest BCUT2D eigenvalue weighted by Crippen LogP contribution is 2.40. The third-order valence-corrected chi connectivity index (χ3v) is 6.98. The van der Waals surface area contributed by atoms with Crippen molar-refractivity contribution in [2.75, 3.05) is 63.3 Å². The summed E-state index contributed by atoms with van der Waals surface area (Å²) in [4.78, 5) is 32.5. The molecule has 0 spiro atoms. The smallest absolute Gasteiger partial charge is 0.417 e. The second kappa shape index (κ2) is 11.9. The minimum atomic E-state index is -4.60. The van der Waals surface area contributed by atoms with Crippen molar-refractivity contribution in [3.05, 3.63) is 46.8 Å². The third kappa shape index (κ3) is 6.27. The number of anilines is 2. The van der Waals surface area contributed by atoms with E-state index >= 15 is 0 Å². The van der Waals surface area contributed by atoms with Crippen LogP contribution in [0.2, 0.25) is 0 Å². The molecule has 1 saturated heterocycles. The lowest BCUT2D eigenvalue weighted by Gasteiger charge is -2.35. The maximum absolute atomic E-state index is 13.8. The van der Waals surface area contributed by atoms with E-state index in [4.69, 9.17) is 14.2 Å². The van der Waals surface area contributed by atoms with E-state index in [1.54, 1.807) is 29.2 Å². The molecular formula is C25H27F3N4O5S. The van der Waals surface area contributed by atoms with Crippen LogP contribution in [-0.2, 0) is 15.7 Å². The average molecular weight is 553 g/mol. The van der Waals surface area contributed by atoms with Crippen molar-refractivity contribution in [2.45, 2.75) is 13.1 Å². The fourth-order valence-electron chi connectivity index (χ4n) is 4.09. The van der Waals surface area contributed by atoms with Crippen LogP contribution in [0.5, 0.6) is 5.75 Å². The van der Waals surface area contributed by atoms with E-state index in [0.717, 1.165) is 17.4 Å². The number of rotatable bonds is 8. The summed E-state index contributed by atoms with van der Waals surface area (Å²) in [5.41, 5.74) is -0.320. The molecular weight excluding hydrogens is 525 g/mol. The van der Waals surface area contributed by atoms with Gasteiger partial charge in [-0.25, -0.2) is 14.6 Å². The van der Waals surface area contributed by atoms with E-state index in [2.05, 4.69) is 10.3 Å². The number of methoxy groups -OCH3 is 1. The van der Waals surface area contributed by atoms with Gasteiger partial charge in [-0.15, -0.1) is 11.3 Å². The molecule has 0 radical (unpaired) electrons. The number of nitrogens with one attached hydrogen (secondary N) is 1. The first-order valence-electron chi connectivity index (χ1n) is 11.9. The standard InChI is InChI=1S/C25H27F3N4O5S/c1-3-36-19-7-5-4-6-18(19)29-24(34)37-13-12-31-8-10-32(11-9-31)20-14-17(25(26,27)28)22-21(30-20)16(15-38-22)23(33)35-2/h4-7,14-15H,3,8-13H2,1-2H3,(H,29,34). The Labute approximate surface area is 221 Å². The number of amides is 1. The van der Waals surface area contributed by atoms with Crippen molar-refractivity contribution in [2.24, 2.45) is 0 Å². The van der Waals surface area contributed by atoms with Crippen LogP contribution >= 0.6 is 11.3 Å². The van der Waals surface area contributed by atoms with Gasteiger partial charge in [-0.2, -0.15) is 13.2 Å². The highest BCUT2D eigenvalue weighted by Gasteiger charge is 2.36. The monoisotopic (exact) mass is 552 g/mol. The molecule has 1 aromatic carbocycles. The number of fused-ring (bicyclic) bond motifs is 1. The van der Waals surface area contributed by atoms with Gasteiger partial charge in [-0.3, -0.25) is 10.2 Å². The molecule has 2 aromatic heterocycles. The molecule has 0 atom stereocenters. The molecule has 0 unspecified atom stereocenters. The molecule has 1 N–H and O–H groups in total. The molecule has 1 amide bonds. The fraction of sp³-hybridized carbons (Fsp3) is 0.400. The summed E-state index contributed by atoms with van der Waals surface area (Å²) in [5.74, 6) is -0.0365. The normalized spacial score (nSPS) is 14.4. The van der Waals surface area contributed by atoms with Gasteiger partial charge >= 0.3 is 18.2 Å². The quantitative estimate of drug-likeness (QED) is 0.396. The lowest BCUT2D eigenvalue weighted by molar-refractivity contribution is -0.136. The molecule has 13 heteroatoms. The van der Waals surface area contributed by atoms with E-state index in [-0.39, 0.29) is 28.2 Å². The Morgan fingerprint density at radius 3 is 2.58 bits per heavy atom. The molecule has 3 heterocycles. The van der Waals surface area contributed by atoms with E-state index in [0.29, 0.717) is 50.8 Å². The van der Waals surface area contributed by atoms with Crippen LogP contribution in [0.1, 0.15) is 22.8 Å². The van der Waals surface area contributed by atoms with Gasteiger partial charge in [0.05, 0.1) is 40.7 Å². The van der Waals surface area contributed by atoms with Gasteiger partial charge in [-0.05, 0) is 25.1 Å². The maximum Gasteiger partial charge on any atom is 0.417 e. The number of esters is 1. The summed E-state index contributed by atoms with van der Waals surface area (Å²) in [6.07, 6.45) is -5.21. The number of alkyl halides is 3. The molecule has 0 bridgehead atoms. The Bertz CT molecular complexity index is 1290. The third-order valence-electron chi connectivity index (χ3n) is 5.98. The van der Waals surface area contributed by atoms with E-state index in [1.165, 1.54) is 12.5 Å². The Kier molecular flexibility index (Phi) is 8.57. The number of aromatic nitrogens is 1. The van der Waals surface area contributed by atoms with Crippen molar-refractivity contribution in [1.29, 1.82) is 0 Å². The zero-order chi connectivity index (χ0) is 27.3. The molecule has 1 fully saturated rings. The molecule has 9 nitrogen and oxygen atoms in total. The number of halogens is 3. The van der Waals surface area contributed by atoms with Crippen molar-refractivity contribution in [1.82, 2.24) is 9.88 Å².